The number of hydrogen-bond acceptors (Lipinski definition) is 3. The summed E-state index contributed by atoms with van der Waals surface area (Å²) in [5.41, 5.74) is 0. The second-order valence-corrected chi connectivity index (χ2v) is 3.40. The zero-order valence-electron chi connectivity index (χ0n) is 7.76. The third-order valence-electron chi connectivity index (χ3n) is 2.08. The Kier molecular flexibility index (Phi) is 2.95. The predicted octanol–water partition coefficient (Wildman–Crippen LogP) is 2.84. The number of hydrogen-bond donors (Lipinski definition) is 0. The van der Waals surface area contributed by atoms with Gasteiger partial charge in [0.25, 0.3) is 5.79 Å². The van der Waals surface area contributed by atoms with Crippen LogP contribution < -0.4 is 0 Å². The van der Waals surface area contributed by atoms with E-state index in [-0.39, 0.29) is 0 Å². The molecule has 12 heavy (non-hydrogen) atoms. The molecule has 1 saturated heterocycles. The Bertz CT molecular complexity index is 157. The molecule has 1 fully saturated rings. The molecule has 1 aliphatic rings. The lowest BCUT2D eigenvalue weighted by molar-refractivity contribution is -0.263. The lowest BCUT2D eigenvalue weighted by atomic mass is 10.1. The molecule has 0 radical (unpaired) electrons. The van der Waals surface area contributed by atoms with E-state index >= 15 is 0 Å². The lowest BCUT2D eigenvalue weighted by Gasteiger charge is -2.36. The predicted molar refractivity (Wildman–Crippen MR) is 44.7 cm³/mol. The maximum absolute atomic E-state index is 10.4. The van der Waals surface area contributed by atoms with Gasteiger partial charge in [0.15, 0.2) is 0 Å². The Balaban J connectivity index is 2.03. The van der Waals surface area contributed by atoms with Gasteiger partial charge in [-0.05, 0) is 6.42 Å². The first kappa shape index (κ1) is 9.36. The van der Waals surface area contributed by atoms with E-state index in [0.29, 0.717) is 0 Å². The van der Waals surface area contributed by atoms with E-state index in [0.717, 1.165) is 12.8 Å². The molecule has 0 aromatic carbocycles. The summed E-state index contributed by atoms with van der Waals surface area (Å²) in [7, 11) is 0. The van der Waals surface area contributed by atoms with Gasteiger partial charge in [-0.1, -0.05) is 26.2 Å². The first-order valence-corrected chi connectivity index (χ1v) is 4.58. The molecular formula is C9H16O3. The molecule has 1 aliphatic heterocycles. The molecule has 0 unspecified atom stereocenters. The summed E-state index contributed by atoms with van der Waals surface area (Å²) in [6.45, 7) is 3.97. The van der Waals surface area contributed by atoms with E-state index in [1.165, 1.54) is 19.3 Å². The van der Waals surface area contributed by atoms with Crippen LogP contribution >= 0.6 is 0 Å². The number of rotatable bonds is 5. The van der Waals surface area contributed by atoms with Crippen LogP contribution in [0, 0.1) is 0 Å². The minimum absolute atomic E-state index is 0.534. The third kappa shape index (κ3) is 2.40. The van der Waals surface area contributed by atoms with E-state index in [1.807, 2.05) is 0 Å². The van der Waals surface area contributed by atoms with E-state index in [9.17, 15) is 4.79 Å². The van der Waals surface area contributed by atoms with Gasteiger partial charge in [-0.2, -0.15) is 0 Å². The highest BCUT2D eigenvalue weighted by atomic mass is 16.9. The highest BCUT2D eigenvalue weighted by molar-refractivity contribution is 5.65. The maximum atomic E-state index is 10.4. The molecular weight excluding hydrogens is 156 g/mol. The van der Waals surface area contributed by atoms with Crippen LogP contribution in [0.25, 0.3) is 0 Å². The van der Waals surface area contributed by atoms with Crippen molar-refractivity contribution in [1.29, 1.82) is 0 Å². The second-order valence-electron chi connectivity index (χ2n) is 3.40. The van der Waals surface area contributed by atoms with E-state index in [2.05, 4.69) is 6.92 Å². The molecule has 0 bridgehead atoms. The van der Waals surface area contributed by atoms with Gasteiger partial charge in [0.2, 0.25) is 0 Å². The van der Waals surface area contributed by atoms with Gasteiger partial charge in [-0.15, -0.1) is 0 Å². The number of cyclic esters (lactones) is 2. The molecule has 3 heteroatoms. The van der Waals surface area contributed by atoms with Gasteiger partial charge >= 0.3 is 6.16 Å². The Morgan fingerprint density at radius 3 is 2.42 bits per heavy atom. The molecule has 0 aromatic rings. The third-order valence-corrected chi connectivity index (χ3v) is 2.08. The van der Waals surface area contributed by atoms with Crippen LogP contribution in [0.5, 0.6) is 0 Å². The smallest absolute Gasteiger partial charge is 0.391 e. The topological polar surface area (TPSA) is 35.5 Å². The lowest BCUT2D eigenvalue weighted by Crippen LogP contribution is -2.47. The SMILES string of the molecule is CCCCCCC1(C)OC(=O)O1. The summed E-state index contributed by atoms with van der Waals surface area (Å²) in [6, 6.07) is 0. The van der Waals surface area contributed by atoms with Crippen molar-refractivity contribution in [2.45, 2.75) is 51.7 Å². The first-order chi connectivity index (χ1) is 5.66. The standard InChI is InChI=1S/C9H16O3/c1-3-4-5-6-7-9(2)11-8(10)12-9/h3-7H2,1-2H3. The summed E-state index contributed by atoms with van der Waals surface area (Å²) >= 11 is 0. The van der Waals surface area contributed by atoms with Crippen LogP contribution in [0.15, 0.2) is 0 Å². The average Bonchev–Trinajstić information content (AvgIpc) is 1.96. The number of carbonyl (C=O) groups excluding carboxylic acids is 1. The monoisotopic (exact) mass is 172 g/mol. The molecule has 1 rings (SSSR count). The van der Waals surface area contributed by atoms with Gasteiger partial charge in [0.1, 0.15) is 0 Å². The minimum atomic E-state index is -0.606. The van der Waals surface area contributed by atoms with Crippen molar-refractivity contribution < 1.29 is 14.3 Å². The van der Waals surface area contributed by atoms with Crippen molar-refractivity contribution in [2.24, 2.45) is 0 Å². The molecule has 0 amide bonds. The number of carbonyl (C=O) groups is 1. The molecule has 3 nitrogen and oxygen atoms in total. The van der Waals surface area contributed by atoms with Crippen LogP contribution in [0.4, 0.5) is 4.79 Å². The summed E-state index contributed by atoms with van der Waals surface area (Å²) in [6.07, 6.45) is 5.00. The fraction of sp³-hybridized carbons (Fsp3) is 0.889. The normalized spacial score (nSPS) is 19.3. The zero-order chi connectivity index (χ0) is 9.03. The van der Waals surface area contributed by atoms with Gasteiger partial charge in [-0.25, -0.2) is 4.79 Å². The zero-order valence-corrected chi connectivity index (χ0v) is 7.76. The fourth-order valence-electron chi connectivity index (χ4n) is 1.34. The van der Waals surface area contributed by atoms with Crippen molar-refractivity contribution in [3.63, 3.8) is 0 Å². The van der Waals surface area contributed by atoms with Crippen LogP contribution in [0.2, 0.25) is 0 Å². The summed E-state index contributed by atoms with van der Waals surface area (Å²) in [5, 5.41) is 0. The summed E-state index contributed by atoms with van der Waals surface area (Å²) in [5.74, 6) is -0.606. The molecule has 0 aromatic heterocycles. The highest BCUT2D eigenvalue weighted by Gasteiger charge is 2.43. The van der Waals surface area contributed by atoms with Crippen LogP contribution in [0.1, 0.15) is 46.0 Å². The quantitative estimate of drug-likeness (QED) is 0.472. The van der Waals surface area contributed by atoms with Gasteiger partial charge < -0.3 is 9.47 Å². The van der Waals surface area contributed by atoms with Crippen LogP contribution in [0.3, 0.4) is 0 Å². The van der Waals surface area contributed by atoms with Gasteiger partial charge in [-0.3, -0.25) is 0 Å². The van der Waals surface area contributed by atoms with E-state index in [4.69, 9.17) is 9.47 Å². The van der Waals surface area contributed by atoms with Crippen LogP contribution in [-0.2, 0) is 9.47 Å². The van der Waals surface area contributed by atoms with Crippen molar-refractivity contribution in [3.8, 4) is 0 Å². The summed E-state index contributed by atoms with van der Waals surface area (Å²) < 4.78 is 9.69. The van der Waals surface area contributed by atoms with Crippen LogP contribution in [-0.4, -0.2) is 11.9 Å². The largest absolute Gasteiger partial charge is 0.514 e. The molecule has 0 saturated carbocycles. The molecule has 0 aliphatic carbocycles. The molecule has 0 atom stereocenters. The van der Waals surface area contributed by atoms with Crippen molar-refractivity contribution in [3.05, 3.63) is 0 Å². The Labute approximate surface area is 73.0 Å². The van der Waals surface area contributed by atoms with Gasteiger partial charge in [0.05, 0.1) is 0 Å². The second kappa shape index (κ2) is 3.78. The van der Waals surface area contributed by atoms with Crippen molar-refractivity contribution >= 4 is 6.16 Å². The highest BCUT2D eigenvalue weighted by Crippen LogP contribution is 2.29. The maximum Gasteiger partial charge on any atom is 0.514 e. The number of unbranched alkanes of at least 4 members (excludes halogenated alkanes) is 3. The Hall–Kier alpha value is -0.730. The van der Waals surface area contributed by atoms with Crippen molar-refractivity contribution in [2.75, 3.05) is 0 Å². The molecule has 70 valence electrons. The molecule has 0 spiro atoms. The Morgan fingerprint density at radius 1 is 1.25 bits per heavy atom. The molecule has 1 heterocycles. The number of ether oxygens (including phenoxy) is 2. The fourth-order valence-corrected chi connectivity index (χ4v) is 1.34. The van der Waals surface area contributed by atoms with E-state index < -0.39 is 11.9 Å². The van der Waals surface area contributed by atoms with Crippen molar-refractivity contribution in [1.82, 2.24) is 0 Å². The van der Waals surface area contributed by atoms with Gasteiger partial charge in [0, 0.05) is 13.3 Å². The Morgan fingerprint density at radius 2 is 1.92 bits per heavy atom. The van der Waals surface area contributed by atoms with E-state index in [1.54, 1.807) is 6.92 Å². The average molecular weight is 172 g/mol. The minimum Gasteiger partial charge on any atom is -0.391 e. The summed E-state index contributed by atoms with van der Waals surface area (Å²) in [4.78, 5) is 10.4. The first-order valence-electron chi connectivity index (χ1n) is 4.58. The molecule has 0 N–H and O–H groups in total.